The van der Waals surface area contributed by atoms with Crippen molar-refractivity contribution >= 4 is 11.3 Å². The molecule has 0 aliphatic carbocycles. The molecule has 0 amide bonds. The van der Waals surface area contributed by atoms with Crippen molar-refractivity contribution in [2.45, 2.75) is 19.5 Å². The van der Waals surface area contributed by atoms with Gasteiger partial charge < -0.3 is 9.88 Å². The van der Waals surface area contributed by atoms with E-state index in [2.05, 4.69) is 59.0 Å². The molecule has 0 spiro atoms. The maximum Gasteiger partial charge on any atom is 0.0991 e. The van der Waals surface area contributed by atoms with Crippen molar-refractivity contribution in [3.8, 4) is 5.69 Å². The highest BCUT2D eigenvalue weighted by molar-refractivity contribution is 7.10. The quantitative estimate of drug-likeness (QED) is 0.772. The van der Waals surface area contributed by atoms with Crippen molar-refractivity contribution in [2.24, 2.45) is 0 Å². The molecule has 1 unspecified atom stereocenters. The fraction of sp³-hybridized carbons (Fsp3) is 0.188. The molecule has 0 saturated heterocycles. The number of hydrogen-bond donors (Lipinski definition) is 1. The molecule has 2 aromatic heterocycles. The molecule has 3 rings (SSSR count). The van der Waals surface area contributed by atoms with Gasteiger partial charge in [-0.15, -0.1) is 11.3 Å². The number of imidazole rings is 1. The molecule has 3 aromatic rings. The first-order valence-corrected chi connectivity index (χ1v) is 7.55. The molecule has 2 heterocycles. The Morgan fingerprint density at radius 1 is 1.25 bits per heavy atom. The van der Waals surface area contributed by atoms with Crippen LogP contribution < -0.4 is 5.32 Å². The minimum absolute atomic E-state index is 0.392. The lowest BCUT2D eigenvalue weighted by Crippen LogP contribution is -2.17. The molecule has 1 atom stereocenters. The van der Waals surface area contributed by atoms with E-state index >= 15 is 0 Å². The van der Waals surface area contributed by atoms with Crippen LogP contribution in [0.5, 0.6) is 0 Å². The number of nitrogens with zero attached hydrogens (tertiary/aromatic N) is 2. The third kappa shape index (κ3) is 2.98. The van der Waals surface area contributed by atoms with Crippen LogP contribution >= 0.6 is 11.3 Å². The zero-order valence-electron chi connectivity index (χ0n) is 11.4. The summed E-state index contributed by atoms with van der Waals surface area (Å²) < 4.78 is 2.01. The SMILES string of the molecule is CC(NCc1ccc(-n2ccnc2)cc1)c1cccs1. The summed E-state index contributed by atoms with van der Waals surface area (Å²) in [7, 11) is 0. The van der Waals surface area contributed by atoms with Crippen molar-refractivity contribution < 1.29 is 0 Å². The number of benzene rings is 1. The molecule has 4 heteroatoms. The summed E-state index contributed by atoms with van der Waals surface area (Å²) in [6, 6.07) is 13.2. The Labute approximate surface area is 122 Å². The number of thiophene rings is 1. The van der Waals surface area contributed by atoms with E-state index in [4.69, 9.17) is 0 Å². The van der Waals surface area contributed by atoms with E-state index < -0.39 is 0 Å². The second-order valence-corrected chi connectivity index (χ2v) is 5.73. The van der Waals surface area contributed by atoms with Crippen LogP contribution in [0.2, 0.25) is 0 Å². The van der Waals surface area contributed by atoms with Gasteiger partial charge in [-0.25, -0.2) is 4.98 Å². The smallest absolute Gasteiger partial charge is 0.0991 e. The lowest BCUT2D eigenvalue weighted by Gasteiger charge is -2.12. The summed E-state index contributed by atoms with van der Waals surface area (Å²) in [5.41, 5.74) is 2.43. The molecule has 0 saturated carbocycles. The fourth-order valence-corrected chi connectivity index (χ4v) is 2.87. The second-order valence-electron chi connectivity index (χ2n) is 4.75. The molecule has 0 fully saturated rings. The van der Waals surface area contributed by atoms with Crippen molar-refractivity contribution in [1.29, 1.82) is 0 Å². The lowest BCUT2D eigenvalue weighted by molar-refractivity contribution is 0.583. The summed E-state index contributed by atoms with van der Waals surface area (Å²) >= 11 is 1.79. The van der Waals surface area contributed by atoms with Gasteiger partial charge in [0, 0.05) is 35.5 Å². The zero-order chi connectivity index (χ0) is 13.8. The van der Waals surface area contributed by atoms with Gasteiger partial charge in [-0.2, -0.15) is 0 Å². The minimum Gasteiger partial charge on any atom is -0.306 e. The van der Waals surface area contributed by atoms with Crippen LogP contribution in [0.4, 0.5) is 0 Å². The van der Waals surface area contributed by atoms with Crippen LogP contribution in [0.25, 0.3) is 5.69 Å². The summed E-state index contributed by atoms with van der Waals surface area (Å²) in [6.07, 6.45) is 5.55. The first kappa shape index (κ1) is 13.1. The lowest BCUT2D eigenvalue weighted by atomic mass is 10.2. The van der Waals surface area contributed by atoms with Crippen LogP contribution in [0.15, 0.2) is 60.5 Å². The molecular formula is C16H17N3S. The average Bonchev–Trinajstić information content (AvgIpc) is 3.18. The van der Waals surface area contributed by atoms with E-state index in [1.807, 2.05) is 17.1 Å². The Morgan fingerprint density at radius 2 is 2.10 bits per heavy atom. The standard InChI is InChI=1S/C16H17N3S/c1-13(16-3-2-10-20-16)18-11-14-4-6-15(7-5-14)19-9-8-17-12-19/h2-10,12-13,18H,11H2,1H3. The van der Waals surface area contributed by atoms with Gasteiger partial charge in [0.15, 0.2) is 0 Å². The molecule has 102 valence electrons. The van der Waals surface area contributed by atoms with Gasteiger partial charge in [0.1, 0.15) is 0 Å². The Balaban J connectivity index is 1.61. The molecule has 1 aromatic carbocycles. The monoisotopic (exact) mass is 283 g/mol. The van der Waals surface area contributed by atoms with Crippen LogP contribution in [-0.2, 0) is 6.54 Å². The molecule has 1 N–H and O–H groups in total. The Kier molecular flexibility index (Phi) is 3.95. The highest BCUT2D eigenvalue weighted by atomic mass is 32.1. The number of rotatable bonds is 5. The van der Waals surface area contributed by atoms with Gasteiger partial charge in [-0.1, -0.05) is 18.2 Å². The van der Waals surface area contributed by atoms with Gasteiger partial charge >= 0.3 is 0 Å². The summed E-state index contributed by atoms with van der Waals surface area (Å²) in [5.74, 6) is 0. The normalized spacial score (nSPS) is 12.4. The first-order valence-electron chi connectivity index (χ1n) is 6.67. The van der Waals surface area contributed by atoms with Gasteiger partial charge in [-0.05, 0) is 36.1 Å². The Hall–Kier alpha value is -1.91. The maximum absolute atomic E-state index is 4.06. The maximum atomic E-state index is 4.06. The molecule has 0 radical (unpaired) electrons. The average molecular weight is 283 g/mol. The number of hydrogen-bond acceptors (Lipinski definition) is 3. The van der Waals surface area contributed by atoms with E-state index in [0.29, 0.717) is 6.04 Å². The molecule has 0 aliphatic rings. The van der Waals surface area contributed by atoms with E-state index in [1.54, 1.807) is 17.5 Å². The topological polar surface area (TPSA) is 29.9 Å². The highest BCUT2D eigenvalue weighted by Gasteiger charge is 2.05. The second kappa shape index (κ2) is 6.03. The van der Waals surface area contributed by atoms with Crippen LogP contribution in [0.1, 0.15) is 23.4 Å². The molecule has 20 heavy (non-hydrogen) atoms. The minimum atomic E-state index is 0.392. The Morgan fingerprint density at radius 3 is 2.75 bits per heavy atom. The summed E-state index contributed by atoms with van der Waals surface area (Å²) in [4.78, 5) is 5.44. The fourth-order valence-electron chi connectivity index (χ4n) is 2.11. The Bertz CT molecular complexity index is 627. The highest BCUT2D eigenvalue weighted by Crippen LogP contribution is 2.18. The first-order chi connectivity index (χ1) is 9.83. The van der Waals surface area contributed by atoms with Crippen LogP contribution in [0.3, 0.4) is 0 Å². The van der Waals surface area contributed by atoms with E-state index in [1.165, 1.54) is 10.4 Å². The molecular weight excluding hydrogens is 266 g/mol. The summed E-state index contributed by atoms with van der Waals surface area (Å²) in [6.45, 7) is 3.08. The number of aromatic nitrogens is 2. The van der Waals surface area contributed by atoms with Crippen LogP contribution in [0, 0.1) is 0 Å². The van der Waals surface area contributed by atoms with Crippen LogP contribution in [-0.4, -0.2) is 9.55 Å². The third-order valence-corrected chi connectivity index (χ3v) is 4.38. The molecule has 0 aliphatic heterocycles. The number of nitrogens with one attached hydrogen (secondary N) is 1. The third-order valence-electron chi connectivity index (χ3n) is 3.32. The van der Waals surface area contributed by atoms with Crippen molar-refractivity contribution in [3.63, 3.8) is 0 Å². The molecule has 3 nitrogen and oxygen atoms in total. The van der Waals surface area contributed by atoms with Crippen molar-refractivity contribution in [2.75, 3.05) is 0 Å². The van der Waals surface area contributed by atoms with E-state index in [9.17, 15) is 0 Å². The van der Waals surface area contributed by atoms with Gasteiger partial charge in [0.05, 0.1) is 6.33 Å². The van der Waals surface area contributed by atoms with Gasteiger partial charge in [0.25, 0.3) is 0 Å². The summed E-state index contributed by atoms with van der Waals surface area (Å²) in [5, 5.41) is 5.67. The molecule has 0 bridgehead atoms. The van der Waals surface area contributed by atoms with E-state index in [-0.39, 0.29) is 0 Å². The van der Waals surface area contributed by atoms with Crippen molar-refractivity contribution in [3.05, 3.63) is 70.9 Å². The largest absolute Gasteiger partial charge is 0.306 e. The predicted molar refractivity (Wildman–Crippen MR) is 83.1 cm³/mol. The van der Waals surface area contributed by atoms with Gasteiger partial charge in [-0.3, -0.25) is 0 Å². The van der Waals surface area contributed by atoms with Crippen molar-refractivity contribution in [1.82, 2.24) is 14.9 Å². The van der Waals surface area contributed by atoms with Gasteiger partial charge in [0.2, 0.25) is 0 Å². The predicted octanol–water partition coefficient (Wildman–Crippen LogP) is 3.78. The zero-order valence-corrected chi connectivity index (χ0v) is 12.2. The van der Waals surface area contributed by atoms with E-state index in [0.717, 1.165) is 12.2 Å².